The van der Waals surface area contributed by atoms with E-state index in [0.717, 1.165) is 45.9 Å². The van der Waals surface area contributed by atoms with Crippen molar-refractivity contribution in [3.63, 3.8) is 0 Å². The van der Waals surface area contributed by atoms with Crippen LogP contribution >= 0.6 is 0 Å². The normalized spacial score (nSPS) is 12.0. The Hall–Kier alpha value is -3.28. The van der Waals surface area contributed by atoms with Gasteiger partial charge in [0.05, 0.1) is 22.2 Å². The molecule has 0 aliphatic heterocycles. The fourth-order valence-electron chi connectivity index (χ4n) is 3.50. The number of carbonyl (C=O) groups is 1. The maximum absolute atomic E-state index is 12.9. The van der Waals surface area contributed by atoms with Crippen LogP contribution in [0.15, 0.2) is 60.7 Å². The molecule has 0 aliphatic rings. The van der Waals surface area contributed by atoms with Crippen LogP contribution in [-0.4, -0.2) is 15.6 Å². The lowest BCUT2D eigenvalue weighted by atomic mass is 10.1. The fourth-order valence-corrected chi connectivity index (χ4v) is 3.50. The molecule has 1 aromatic heterocycles. The highest BCUT2D eigenvalue weighted by atomic mass is 19.4. The third kappa shape index (κ3) is 2.91. The summed E-state index contributed by atoms with van der Waals surface area (Å²) >= 11 is 0. The number of carboxylic acid groups (broad SMARTS) is 1. The SMILES string of the molecule is CCc1ccc2c(c1)c1cc(C(=O)O)ccc1n2-c1ccc(C(F)(F)F)cc1. The first-order valence-electron chi connectivity index (χ1n) is 8.77. The molecule has 0 radical (unpaired) electrons. The fraction of sp³-hybridized carbons (Fsp3) is 0.136. The van der Waals surface area contributed by atoms with Crippen molar-refractivity contribution in [1.29, 1.82) is 0 Å². The first-order valence-corrected chi connectivity index (χ1v) is 8.77. The Kier molecular flexibility index (Phi) is 4.14. The smallest absolute Gasteiger partial charge is 0.416 e. The van der Waals surface area contributed by atoms with Crippen LogP contribution in [0.25, 0.3) is 27.5 Å². The van der Waals surface area contributed by atoms with Gasteiger partial charge in [0.1, 0.15) is 0 Å². The third-order valence-corrected chi connectivity index (χ3v) is 4.94. The number of alkyl halides is 3. The molecule has 0 saturated heterocycles. The Labute approximate surface area is 158 Å². The maximum atomic E-state index is 12.9. The monoisotopic (exact) mass is 383 g/mol. The lowest BCUT2D eigenvalue weighted by molar-refractivity contribution is -0.137. The number of benzene rings is 3. The average molecular weight is 383 g/mol. The molecule has 0 unspecified atom stereocenters. The quantitative estimate of drug-likeness (QED) is 0.467. The number of fused-ring (bicyclic) bond motifs is 3. The van der Waals surface area contributed by atoms with E-state index in [2.05, 4.69) is 0 Å². The van der Waals surface area contributed by atoms with Crippen LogP contribution in [0.1, 0.15) is 28.4 Å². The van der Waals surface area contributed by atoms with Crippen LogP contribution in [0.5, 0.6) is 0 Å². The van der Waals surface area contributed by atoms with E-state index in [0.29, 0.717) is 5.69 Å². The Balaban J connectivity index is 2.02. The number of hydrogen-bond acceptors (Lipinski definition) is 1. The minimum Gasteiger partial charge on any atom is -0.478 e. The molecule has 3 aromatic carbocycles. The highest BCUT2D eigenvalue weighted by molar-refractivity contribution is 6.11. The molecule has 0 bridgehead atoms. The summed E-state index contributed by atoms with van der Waals surface area (Å²) in [6.07, 6.45) is -3.58. The van der Waals surface area contributed by atoms with Gasteiger partial charge in [-0.25, -0.2) is 4.79 Å². The second-order valence-electron chi connectivity index (χ2n) is 6.62. The van der Waals surface area contributed by atoms with E-state index in [9.17, 15) is 23.1 Å². The highest BCUT2D eigenvalue weighted by Crippen LogP contribution is 2.35. The van der Waals surface area contributed by atoms with Gasteiger partial charge in [0.15, 0.2) is 0 Å². The summed E-state index contributed by atoms with van der Waals surface area (Å²) in [5, 5.41) is 11.0. The van der Waals surface area contributed by atoms with E-state index < -0.39 is 17.7 Å². The van der Waals surface area contributed by atoms with Crippen molar-refractivity contribution in [2.75, 3.05) is 0 Å². The van der Waals surface area contributed by atoms with Crippen LogP contribution in [0, 0.1) is 0 Å². The van der Waals surface area contributed by atoms with Gasteiger partial charge in [-0.15, -0.1) is 0 Å². The van der Waals surface area contributed by atoms with E-state index in [1.165, 1.54) is 18.2 Å². The number of rotatable bonds is 3. The molecule has 4 rings (SSSR count). The van der Waals surface area contributed by atoms with Gasteiger partial charge in [-0.05, 0) is 66.6 Å². The maximum Gasteiger partial charge on any atom is 0.416 e. The molecule has 0 fully saturated rings. The molecule has 0 atom stereocenters. The summed E-state index contributed by atoms with van der Waals surface area (Å²) in [5.74, 6) is -1.02. The number of nitrogens with zero attached hydrogens (tertiary/aromatic N) is 1. The van der Waals surface area contributed by atoms with Crippen LogP contribution in [0.2, 0.25) is 0 Å². The first-order chi connectivity index (χ1) is 13.3. The van der Waals surface area contributed by atoms with Gasteiger partial charge in [0.2, 0.25) is 0 Å². The number of aryl methyl sites for hydroxylation is 1. The van der Waals surface area contributed by atoms with Crippen molar-refractivity contribution in [3.8, 4) is 5.69 Å². The lowest BCUT2D eigenvalue weighted by Crippen LogP contribution is -2.05. The lowest BCUT2D eigenvalue weighted by Gasteiger charge is -2.11. The third-order valence-electron chi connectivity index (χ3n) is 4.94. The van der Waals surface area contributed by atoms with E-state index in [1.807, 2.05) is 29.7 Å². The van der Waals surface area contributed by atoms with Crippen LogP contribution in [0.3, 0.4) is 0 Å². The van der Waals surface area contributed by atoms with E-state index in [4.69, 9.17) is 0 Å². The molecule has 0 spiro atoms. The molecule has 1 heterocycles. The van der Waals surface area contributed by atoms with Gasteiger partial charge in [0, 0.05) is 16.5 Å². The van der Waals surface area contributed by atoms with Gasteiger partial charge in [-0.2, -0.15) is 13.2 Å². The molecule has 6 heteroatoms. The summed E-state index contributed by atoms with van der Waals surface area (Å²) in [6.45, 7) is 2.03. The zero-order chi connectivity index (χ0) is 20.1. The molecule has 0 aliphatic carbocycles. The second kappa shape index (κ2) is 6.41. The van der Waals surface area contributed by atoms with Crippen molar-refractivity contribution >= 4 is 27.8 Å². The average Bonchev–Trinajstić information content (AvgIpc) is 3.00. The molecular formula is C22H16F3NO2. The Morgan fingerprint density at radius 1 is 0.929 bits per heavy atom. The molecule has 0 saturated carbocycles. The zero-order valence-electron chi connectivity index (χ0n) is 14.9. The largest absolute Gasteiger partial charge is 0.478 e. The number of halogens is 3. The Morgan fingerprint density at radius 2 is 1.54 bits per heavy atom. The highest BCUT2D eigenvalue weighted by Gasteiger charge is 2.30. The van der Waals surface area contributed by atoms with Crippen molar-refractivity contribution < 1.29 is 23.1 Å². The minimum absolute atomic E-state index is 0.167. The number of aromatic nitrogens is 1. The summed E-state index contributed by atoms with van der Waals surface area (Å²) < 4.78 is 40.6. The van der Waals surface area contributed by atoms with Crippen molar-refractivity contribution in [1.82, 2.24) is 4.57 Å². The molecule has 4 aromatic rings. The van der Waals surface area contributed by atoms with Crippen molar-refractivity contribution in [2.45, 2.75) is 19.5 Å². The Bertz CT molecular complexity index is 1200. The Morgan fingerprint density at radius 3 is 2.11 bits per heavy atom. The minimum atomic E-state index is -4.40. The topological polar surface area (TPSA) is 42.2 Å². The van der Waals surface area contributed by atoms with Crippen LogP contribution in [0.4, 0.5) is 13.2 Å². The van der Waals surface area contributed by atoms with Gasteiger partial charge in [-0.3, -0.25) is 0 Å². The number of carboxylic acids is 1. The molecule has 142 valence electrons. The van der Waals surface area contributed by atoms with Crippen molar-refractivity contribution in [2.24, 2.45) is 0 Å². The van der Waals surface area contributed by atoms with Gasteiger partial charge in [-0.1, -0.05) is 13.0 Å². The molecule has 0 amide bonds. The van der Waals surface area contributed by atoms with Gasteiger partial charge in [0.25, 0.3) is 0 Å². The first kappa shape index (κ1) is 18.1. The second-order valence-corrected chi connectivity index (χ2v) is 6.62. The molecular weight excluding hydrogens is 367 g/mol. The van der Waals surface area contributed by atoms with Gasteiger partial charge < -0.3 is 9.67 Å². The summed E-state index contributed by atoms with van der Waals surface area (Å²) in [4.78, 5) is 11.4. The molecule has 28 heavy (non-hydrogen) atoms. The van der Waals surface area contributed by atoms with Crippen molar-refractivity contribution in [3.05, 3.63) is 77.4 Å². The van der Waals surface area contributed by atoms with E-state index in [-0.39, 0.29) is 5.56 Å². The van der Waals surface area contributed by atoms with E-state index in [1.54, 1.807) is 12.1 Å². The molecule has 3 nitrogen and oxygen atoms in total. The van der Waals surface area contributed by atoms with Crippen LogP contribution < -0.4 is 0 Å². The summed E-state index contributed by atoms with van der Waals surface area (Å²) in [5.41, 5.74) is 2.70. The predicted octanol–water partition coefficient (Wildman–Crippen LogP) is 6.06. The summed E-state index contributed by atoms with van der Waals surface area (Å²) in [6, 6.07) is 15.7. The number of aromatic carboxylic acids is 1. The predicted molar refractivity (Wildman–Crippen MR) is 102 cm³/mol. The van der Waals surface area contributed by atoms with E-state index >= 15 is 0 Å². The standard InChI is InChI=1S/C22H16F3NO2/c1-2-13-3-9-19-17(11-13)18-12-14(21(27)28)4-10-20(18)26(19)16-7-5-15(6-8-16)22(23,24)25/h3-12H,2H2,1H3,(H,27,28). The number of hydrogen-bond donors (Lipinski definition) is 1. The zero-order valence-corrected chi connectivity index (χ0v) is 14.9. The van der Waals surface area contributed by atoms with Gasteiger partial charge >= 0.3 is 12.1 Å². The molecule has 1 N–H and O–H groups in total. The summed E-state index contributed by atoms with van der Waals surface area (Å²) in [7, 11) is 0. The van der Waals surface area contributed by atoms with Crippen LogP contribution in [-0.2, 0) is 12.6 Å².